The van der Waals surface area contributed by atoms with Crippen molar-refractivity contribution in [2.45, 2.75) is 43.6 Å². The number of rotatable bonds is 4. The average Bonchev–Trinajstić information content (AvgIpc) is 2.41. The van der Waals surface area contributed by atoms with Crippen LogP contribution in [0.5, 0.6) is 0 Å². The maximum Gasteiger partial charge on any atom is 0.335 e. The lowest BCUT2D eigenvalue weighted by Gasteiger charge is -2.26. The van der Waals surface area contributed by atoms with Crippen molar-refractivity contribution < 1.29 is 22.7 Å². The summed E-state index contributed by atoms with van der Waals surface area (Å²) in [6.45, 7) is 2.02. The molecule has 0 spiro atoms. The molecule has 0 heterocycles. The van der Waals surface area contributed by atoms with E-state index in [2.05, 4.69) is 0 Å². The predicted molar refractivity (Wildman–Crippen MR) is 77.4 cm³/mol. The largest absolute Gasteiger partial charge is 0.478 e. The number of carboxylic acid groups (broad SMARTS) is 1. The Labute approximate surface area is 123 Å². The molecule has 1 aliphatic carbocycles. The van der Waals surface area contributed by atoms with Crippen molar-refractivity contribution in [3.63, 3.8) is 0 Å². The highest BCUT2D eigenvalue weighted by molar-refractivity contribution is 7.91. The fourth-order valence-electron chi connectivity index (χ4n) is 2.86. The van der Waals surface area contributed by atoms with Gasteiger partial charge in [0.15, 0.2) is 9.84 Å². The van der Waals surface area contributed by atoms with E-state index >= 15 is 0 Å². The van der Waals surface area contributed by atoms with E-state index in [1.54, 1.807) is 0 Å². The molecule has 1 aromatic carbocycles. The second-order valence-electron chi connectivity index (χ2n) is 5.81. The van der Waals surface area contributed by atoms with Gasteiger partial charge in [0.2, 0.25) is 0 Å². The van der Waals surface area contributed by atoms with Crippen LogP contribution in [0.25, 0.3) is 0 Å². The Morgan fingerprint density at radius 1 is 1.38 bits per heavy atom. The van der Waals surface area contributed by atoms with E-state index in [9.17, 15) is 17.6 Å². The van der Waals surface area contributed by atoms with Gasteiger partial charge < -0.3 is 5.11 Å². The third-order valence-corrected chi connectivity index (χ3v) is 6.20. The van der Waals surface area contributed by atoms with Gasteiger partial charge in [0.1, 0.15) is 5.82 Å². The maximum atomic E-state index is 13.7. The first-order chi connectivity index (χ1) is 9.79. The van der Waals surface area contributed by atoms with Gasteiger partial charge in [-0.3, -0.25) is 0 Å². The van der Waals surface area contributed by atoms with Gasteiger partial charge in [0, 0.05) is 5.56 Å². The summed E-state index contributed by atoms with van der Waals surface area (Å²) in [6.07, 6.45) is 3.09. The topological polar surface area (TPSA) is 71.4 Å². The summed E-state index contributed by atoms with van der Waals surface area (Å²) < 4.78 is 38.6. The molecule has 0 saturated heterocycles. The molecule has 2 rings (SSSR count). The Morgan fingerprint density at radius 3 is 2.71 bits per heavy atom. The number of benzene rings is 1. The number of carboxylic acids is 1. The van der Waals surface area contributed by atoms with E-state index in [0.29, 0.717) is 18.8 Å². The lowest BCUT2D eigenvalue weighted by atomic mass is 9.91. The number of hydrogen-bond donors (Lipinski definition) is 1. The molecular weight excluding hydrogens is 295 g/mol. The molecule has 1 N–H and O–H groups in total. The molecule has 4 nitrogen and oxygen atoms in total. The number of aromatic carboxylic acids is 1. The third-order valence-electron chi connectivity index (χ3n) is 4.05. The number of hydrogen-bond acceptors (Lipinski definition) is 3. The Kier molecular flexibility index (Phi) is 4.66. The molecule has 0 aromatic heterocycles. The van der Waals surface area contributed by atoms with Gasteiger partial charge >= 0.3 is 5.97 Å². The van der Waals surface area contributed by atoms with Crippen LogP contribution in [0.3, 0.4) is 0 Å². The normalized spacial score (nSPS) is 23.0. The fraction of sp³-hybridized carbons (Fsp3) is 0.533. The van der Waals surface area contributed by atoms with Crippen LogP contribution < -0.4 is 0 Å². The number of sulfone groups is 1. The standard InChI is InChI=1S/C15H19FO4S/c1-10-3-2-4-13(7-10)21(19,20)9-12-8-11(15(17)18)5-6-14(12)16/h5-6,8,10,13H,2-4,7,9H2,1H3,(H,17,18). The first-order valence-electron chi connectivity index (χ1n) is 7.03. The molecule has 1 aromatic rings. The van der Waals surface area contributed by atoms with E-state index in [0.717, 1.165) is 31.0 Å². The fourth-order valence-corrected chi connectivity index (χ4v) is 4.90. The SMILES string of the molecule is CC1CCCC(S(=O)(=O)Cc2cc(C(=O)O)ccc2F)C1. The van der Waals surface area contributed by atoms with E-state index < -0.39 is 32.6 Å². The van der Waals surface area contributed by atoms with Crippen LogP contribution in [0.15, 0.2) is 18.2 Å². The second kappa shape index (κ2) is 6.13. The van der Waals surface area contributed by atoms with E-state index in [1.165, 1.54) is 0 Å². The Morgan fingerprint density at radius 2 is 2.10 bits per heavy atom. The molecule has 1 aliphatic rings. The zero-order chi connectivity index (χ0) is 15.6. The van der Waals surface area contributed by atoms with Crippen LogP contribution in [-0.4, -0.2) is 24.7 Å². The van der Waals surface area contributed by atoms with Crippen LogP contribution in [-0.2, 0) is 15.6 Å². The molecule has 2 unspecified atom stereocenters. The van der Waals surface area contributed by atoms with Gasteiger partial charge in [-0.05, 0) is 37.0 Å². The summed E-state index contributed by atoms with van der Waals surface area (Å²) in [5.41, 5.74) is -0.160. The average molecular weight is 314 g/mol. The van der Waals surface area contributed by atoms with Gasteiger partial charge in [0.25, 0.3) is 0 Å². The molecule has 21 heavy (non-hydrogen) atoms. The van der Waals surface area contributed by atoms with Crippen LogP contribution in [0.2, 0.25) is 0 Å². The van der Waals surface area contributed by atoms with Crippen molar-refractivity contribution >= 4 is 15.8 Å². The van der Waals surface area contributed by atoms with Crippen LogP contribution in [0, 0.1) is 11.7 Å². The van der Waals surface area contributed by atoms with Crippen molar-refractivity contribution in [1.82, 2.24) is 0 Å². The quantitative estimate of drug-likeness (QED) is 0.927. The number of halogens is 1. The van der Waals surface area contributed by atoms with Crippen LogP contribution in [0.1, 0.15) is 48.5 Å². The minimum absolute atomic E-state index is 0.0619. The Hall–Kier alpha value is -1.43. The number of carbonyl (C=O) groups is 1. The van der Waals surface area contributed by atoms with Gasteiger partial charge in [-0.15, -0.1) is 0 Å². The second-order valence-corrected chi connectivity index (χ2v) is 8.09. The summed E-state index contributed by atoms with van der Waals surface area (Å²) in [4.78, 5) is 10.9. The highest BCUT2D eigenvalue weighted by atomic mass is 32.2. The molecule has 2 atom stereocenters. The molecule has 0 amide bonds. The van der Waals surface area contributed by atoms with Crippen LogP contribution >= 0.6 is 0 Å². The first kappa shape index (κ1) is 15.9. The molecular formula is C15H19FO4S. The summed E-state index contributed by atoms with van der Waals surface area (Å²) in [7, 11) is -3.47. The van der Waals surface area contributed by atoms with Crippen molar-refractivity contribution in [2.75, 3.05) is 0 Å². The van der Waals surface area contributed by atoms with Crippen molar-refractivity contribution in [3.05, 3.63) is 35.1 Å². The van der Waals surface area contributed by atoms with Crippen molar-refractivity contribution in [1.29, 1.82) is 0 Å². The minimum Gasteiger partial charge on any atom is -0.478 e. The highest BCUT2D eigenvalue weighted by Gasteiger charge is 2.31. The molecule has 0 radical (unpaired) electrons. The van der Waals surface area contributed by atoms with Gasteiger partial charge in [-0.25, -0.2) is 17.6 Å². The summed E-state index contributed by atoms with van der Waals surface area (Å²) in [5, 5.41) is 8.46. The lowest BCUT2D eigenvalue weighted by molar-refractivity contribution is 0.0696. The highest BCUT2D eigenvalue weighted by Crippen LogP contribution is 2.30. The molecule has 6 heteroatoms. The monoisotopic (exact) mass is 314 g/mol. The molecule has 1 saturated carbocycles. The molecule has 0 bridgehead atoms. The first-order valence-corrected chi connectivity index (χ1v) is 8.74. The van der Waals surface area contributed by atoms with Gasteiger partial charge in [-0.2, -0.15) is 0 Å². The Balaban J connectivity index is 2.23. The zero-order valence-corrected chi connectivity index (χ0v) is 12.7. The summed E-state index contributed by atoms with van der Waals surface area (Å²) in [5.74, 6) is -1.95. The summed E-state index contributed by atoms with van der Waals surface area (Å²) >= 11 is 0. The van der Waals surface area contributed by atoms with Crippen molar-refractivity contribution in [2.24, 2.45) is 5.92 Å². The Bertz CT molecular complexity index is 639. The third kappa shape index (κ3) is 3.81. The van der Waals surface area contributed by atoms with E-state index in [1.807, 2.05) is 6.92 Å². The van der Waals surface area contributed by atoms with E-state index in [-0.39, 0.29) is 11.1 Å². The maximum absolute atomic E-state index is 13.7. The lowest BCUT2D eigenvalue weighted by Crippen LogP contribution is -2.28. The van der Waals surface area contributed by atoms with Gasteiger partial charge in [-0.1, -0.05) is 19.8 Å². The smallest absolute Gasteiger partial charge is 0.335 e. The van der Waals surface area contributed by atoms with Crippen LogP contribution in [0.4, 0.5) is 4.39 Å². The molecule has 0 aliphatic heterocycles. The van der Waals surface area contributed by atoms with E-state index in [4.69, 9.17) is 5.11 Å². The van der Waals surface area contributed by atoms with Crippen molar-refractivity contribution in [3.8, 4) is 0 Å². The summed E-state index contributed by atoms with van der Waals surface area (Å²) in [6, 6.07) is 3.26. The van der Waals surface area contributed by atoms with Gasteiger partial charge in [0.05, 0.1) is 16.6 Å². The predicted octanol–water partition coefficient (Wildman–Crippen LogP) is 3.02. The zero-order valence-electron chi connectivity index (χ0n) is 11.9. The molecule has 116 valence electrons. The minimum atomic E-state index is -3.47. The molecule has 1 fully saturated rings.